The summed E-state index contributed by atoms with van der Waals surface area (Å²) in [5, 5.41) is 7.27. The molecule has 0 aromatic heterocycles. The number of hydrogen-bond donors (Lipinski definition) is 2. The van der Waals surface area contributed by atoms with Gasteiger partial charge in [0.05, 0.1) is 0 Å². The van der Waals surface area contributed by atoms with Crippen LogP contribution in [0.3, 0.4) is 0 Å². The van der Waals surface area contributed by atoms with Crippen molar-refractivity contribution in [3.05, 3.63) is 24.0 Å². The second-order valence-corrected chi connectivity index (χ2v) is 5.04. The Balaban J connectivity index is 3.14. The quantitative estimate of drug-likeness (QED) is 0.807. The van der Waals surface area contributed by atoms with Crippen LogP contribution < -0.4 is 15.2 Å². The first-order valence-corrected chi connectivity index (χ1v) is 6.51. The largest absolute Gasteiger partial charge is 0.479 e. The highest BCUT2D eigenvalue weighted by Crippen LogP contribution is 2.24. The van der Waals surface area contributed by atoms with Crippen LogP contribution in [0.1, 0.15) is 6.92 Å². The minimum atomic E-state index is -4.13. The number of nitrogens with one attached hydrogen (secondary N) is 1. The Morgan fingerprint density at radius 1 is 1.50 bits per heavy atom. The van der Waals surface area contributed by atoms with E-state index in [1.54, 1.807) is 0 Å². The summed E-state index contributed by atoms with van der Waals surface area (Å²) in [6.07, 6.45) is -0.930. The van der Waals surface area contributed by atoms with Gasteiger partial charge in [-0.15, -0.1) is 0 Å². The summed E-state index contributed by atoms with van der Waals surface area (Å²) in [7, 11) is -2.72. The highest BCUT2D eigenvalue weighted by molar-refractivity contribution is 7.89. The second kappa shape index (κ2) is 5.32. The summed E-state index contributed by atoms with van der Waals surface area (Å²) < 4.78 is 40.6. The molecule has 0 saturated heterocycles. The van der Waals surface area contributed by atoms with Gasteiger partial charge in [0.1, 0.15) is 16.5 Å². The molecule has 1 rings (SSSR count). The van der Waals surface area contributed by atoms with Gasteiger partial charge in [0.15, 0.2) is 6.10 Å². The van der Waals surface area contributed by atoms with Gasteiger partial charge in [-0.2, -0.15) is 0 Å². The molecule has 0 radical (unpaired) electrons. The summed E-state index contributed by atoms with van der Waals surface area (Å²) in [6.45, 7) is 1.43. The number of hydrogen-bond acceptors (Lipinski definition) is 4. The van der Waals surface area contributed by atoms with Crippen LogP contribution in [-0.4, -0.2) is 27.5 Å². The molecule has 0 saturated carbocycles. The van der Waals surface area contributed by atoms with E-state index in [2.05, 4.69) is 5.32 Å². The van der Waals surface area contributed by atoms with Crippen molar-refractivity contribution in [1.82, 2.24) is 5.32 Å². The van der Waals surface area contributed by atoms with Gasteiger partial charge in [0, 0.05) is 7.05 Å². The normalized spacial score (nSPS) is 12.9. The molecule has 18 heavy (non-hydrogen) atoms. The highest BCUT2D eigenvalue weighted by Gasteiger charge is 2.20. The molecule has 6 nitrogen and oxygen atoms in total. The van der Waals surface area contributed by atoms with E-state index in [-0.39, 0.29) is 5.75 Å². The standard InChI is InChI=1S/C10H13FN2O4S/c1-6(10(14)13-2)17-8-4-3-7(11)5-9(8)18(12,15)16/h3-6H,1-2H3,(H,13,14)(H2,12,15,16). The number of benzene rings is 1. The number of likely N-dealkylation sites (N-methyl/N-ethyl adjacent to an activating group) is 1. The van der Waals surface area contributed by atoms with Gasteiger partial charge in [-0.05, 0) is 25.1 Å². The van der Waals surface area contributed by atoms with Crippen LogP contribution in [0.2, 0.25) is 0 Å². The molecule has 0 heterocycles. The zero-order valence-electron chi connectivity index (χ0n) is 9.81. The number of halogens is 1. The maximum Gasteiger partial charge on any atom is 0.260 e. The number of ether oxygens (including phenoxy) is 1. The molecule has 0 aliphatic rings. The lowest BCUT2D eigenvalue weighted by atomic mass is 10.3. The average molecular weight is 276 g/mol. The molecular formula is C10H13FN2O4S. The first-order valence-electron chi connectivity index (χ1n) is 4.96. The molecule has 8 heteroatoms. The van der Waals surface area contributed by atoms with E-state index in [1.807, 2.05) is 0 Å². The fraction of sp³-hybridized carbons (Fsp3) is 0.300. The molecule has 0 spiro atoms. The van der Waals surface area contributed by atoms with Gasteiger partial charge in [0.25, 0.3) is 5.91 Å². The van der Waals surface area contributed by atoms with Crippen molar-refractivity contribution in [2.24, 2.45) is 5.14 Å². The molecule has 100 valence electrons. The van der Waals surface area contributed by atoms with Crippen molar-refractivity contribution >= 4 is 15.9 Å². The molecule has 1 amide bonds. The number of carbonyl (C=O) groups excluding carboxylic acids is 1. The van der Waals surface area contributed by atoms with Crippen LogP contribution in [0.25, 0.3) is 0 Å². The molecule has 1 aromatic rings. The third-order valence-corrected chi connectivity index (χ3v) is 3.06. The number of carbonyl (C=O) groups is 1. The van der Waals surface area contributed by atoms with Gasteiger partial charge < -0.3 is 10.1 Å². The Morgan fingerprint density at radius 2 is 2.11 bits per heavy atom. The van der Waals surface area contributed by atoms with Crippen LogP contribution in [-0.2, 0) is 14.8 Å². The van der Waals surface area contributed by atoms with E-state index >= 15 is 0 Å². The van der Waals surface area contributed by atoms with E-state index in [0.29, 0.717) is 0 Å². The van der Waals surface area contributed by atoms with Crippen LogP contribution in [0.4, 0.5) is 4.39 Å². The molecule has 0 aliphatic heterocycles. The van der Waals surface area contributed by atoms with Crippen molar-refractivity contribution in [1.29, 1.82) is 0 Å². The summed E-state index contributed by atoms with van der Waals surface area (Å²) in [4.78, 5) is 10.8. The van der Waals surface area contributed by atoms with Crippen molar-refractivity contribution in [2.45, 2.75) is 17.9 Å². The van der Waals surface area contributed by atoms with E-state index in [9.17, 15) is 17.6 Å². The highest BCUT2D eigenvalue weighted by atomic mass is 32.2. The lowest BCUT2D eigenvalue weighted by Gasteiger charge is -2.15. The van der Waals surface area contributed by atoms with Crippen LogP contribution in [0.5, 0.6) is 5.75 Å². The Kier molecular flexibility index (Phi) is 4.25. The Hall–Kier alpha value is -1.67. The maximum atomic E-state index is 13.0. The molecular weight excluding hydrogens is 263 g/mol. The van der Waals surface area contributed by atoms with Crippen LogP contribution in [0, 0.1) is 5.82 Å². The molecule has 1 aromatic carbocycles. The van der Waals surface area contributed by atoms with Crippen LogP contribution in [0.15, 0.2) is 23.1 Å². The minimum Gasteiger partial charge on any atom is -0.479 e. The number of nitrogens with two attached hydrogens (primary N) is 1. The fourth-order valence-corrected chi connectivity index (χ4v) is 1.92. The van der Waals surface area contributed by atoms with Gasteiger partial charge in [0.2, 0.25) is 10.0 Å². The van der Waals surface area contributed by atoms with Crippen molar-refractivity contribution in [3.63, 3.8) is 0 Å². The zero-order valence-corrected chi connectivity index (χ0v) is 10.6. The number of sulfonamides is 1. The second-order valence-electron chi connectivity index (χ2n) is 3.51. The van der Waals surface area contributed by atoms with Crippen molar-refractivity contribution in [3.8, 4) is 5.75 Å². The Morgan fingerprint density at radius 3 is 2.61 bits per heavy atom. The predicted molar refractivity (Wildman–Crippen MR) is 61.9 cm³/mol. The van der Waals surface area contributed by atoms with Crippen molar-refractivity contribution < 1.29 is 22.3 Å². The molecule has 0 fully saturated rings. The van der Waals surface area contributed by atoms with Crippen molar-refractivity contribution in [2.75, 3.05) is 7.05 Å². The van der Waals surface area contributed by atoms with E-state index < -0.39 is 32.7 Å². The van der Waals surface area contributed by atoms with Gasteiger partial charge in [-0.1, -0.05) is 0 Å². The lowest BCUT2D eigenvalue weighted by molar-refractivity contribution is -0.126. The minimum absolute atomic E-state index is 0.171. The van der Waals surface area contributed by atoms with E-state index in [4.69, 9.17) is 9.88 Å². The Bertz CT molecular complexity index is 559. The summed E-state index contributed by atoms with van der Waals surface area (Å²) in [6, 6.07) is 2.86. The topological polar surface area (TPSA) is 98.5 Å². The smallest absolute Gasteiger partial charge is 0.260 e. The maximum absolute atomic E-state index is 13.0. The number of amides is 1. The summed E-state index contributed by atoms with van der Waals surface area (Å²) in [5.74, 6) is -1.38. The Labute approximate surface area is 104 Å². The molecule has 3 N–H and O–H groups in total. The molecule has 0 bridgehead atoms. The molecule has 1 atom stereocenters. The van der Waals surface area contributed by atoms with Gasteiger partial charge in [-0.25, -0.2) is 17.9 Å². The van der Waals surface area contributed by atoms with E-state index in [1.165, 1.54) is 14.0 Å². The van der Waals surface area contributed by atoms with E-state index in [0.717, 1.165) is 18.2 Å². The first-order chi connectivity index (χ1) is 8.25. The number of rotatable bonds is 4. The fourth-order valence-electron chi connectivity index (χ4n) is 1.25. The predicted octanol–water partition coefficient (Wildman–Crippen LogP) is -0.0136. The number of primary sulfonamides is 1. The third kappa shape index (κ3) is 3.41. The lowest BCUT2D eigenvalue weighted by Crippen LogP contribution is -2.34. The first kappa shape index (κ1) is 14.4. The molecule has 0 aliphatic carbocycles. The summed E-state index contributed by atoms with van der Waals surface area (Å²) in [5.41, 5.74) is 0. The van der Waals surface area contributed by atoms with Crippen LogP contribution >= 0.6 is 0 Å². The SMILES string of the molecule is CNC(=O)C(C)Oc1ccc(F)cc1S(N)(=O)=O. The van der Waals surface area contributed by atoms with Gasteiger partial charge >= 0.3 is 0 Å². The third-order valence-electron chi connectivity index (χ3n) is 2.13. The molecule has 1 unspecified atom stereocenters. The summed E-state index contributed by atoms with van der Waals surface area (Å²) >= 11 is 0. The van der Waals surface area contributed by atoms with Gasteiger partial charge in [-0.3, -0.25) is 4.79 Å². The zero-order chi connectivity index (χ0) is 13.9. The monoisotopic (exact) mass is 276 g/mol. The average Bonchev–Trinajstić information content (AvgIpc) is 2.28.